The molecule has 0 bridgehead atoms. The molecule has 1 aliphatic rings. The van der Waals surface area contributed by atoms with E-state index in [0.29, 0.717) is 17.0 Å². The first-order valence-electron chi connectivity index (χ1n) is 6.67. The van der Waals surface area contributed by atoms with Crippen LogP contribution in [0.1, 0.15) is 5.37 Å². The molecule has 1 aliphatic heterocycles. The second-order valence-corrected chi connectivity index (χ2v) is 6.10. The number of hydrogen-bond donors (Lipinski definition) is 4. The molecule has 4 N–H and O–H groups in total. The average molecular weight is 324 g/mol. The van der Waals surface area contributed by atoms with Gasteiger partial charge in [-0.25, -0.2) is 15.0 Å². The van der Waals surface area contributed by atoms with Gasteiger partial charge in [0.15, 0.2) is 11.5 Å². The largest absolute Gasteiger partial charge is 0.389 e. The number of fused-ring (bicyclic) bond motifs is 1. The number of aliphatic hydroxyl groups is 2. The van der Waals surface area contributed by atoms with Crippen molar-refractivity contribution in [3.05, 3.63) is 12.7 Å². The number of hydrogen-bond acceptors (Lipinski definition) is 8. The molecule has 9 nitrogen and oxygen atoms in total. The fourth-order valence-corrected chi connectivity index (χ4v) is 3.94. The molecule has 1 fully saturated rings. The first kappa shape index (κ1) is 15.0. The van der Waals surface area contributed by atoms with E-state index >= 15 is 0 Å². The molecule has 10 heteroatoms. The predicted molar refractivity (Wildman–Crippen MR) is 81.4 cm³/mol. The standard InChI is InChI=1S/C12H16N6O3S/c1-13-9-5-10(16-3-15-9)18(4-17-5)12-7(20)6(19)8(22-12)11(21)14-2/h3-4,6-8,12,19-20H,1-2H3,(H,14,21)(H,13,15,16)/t6?,7?,8-,12+/m0/s1. The smallest absolute Gasteiger partial charge is 0.235 e. The Kier molecular flexibility index (Phi) is 3.89. The summed E-state index contributed by atoms with van der Waals surface area (Å²) in [5, 5.41) is 24.5. The lowest BCUT2D eigenvalue weighted by Gasteiger charge is -2.16. The van der Waals surface area contributed by atoms with E-state index in [1.807, 2.05) is 0 Å². The minimum atomic E-state index is -1.15. The fourth-order valence-electron chi connectivity index (χ4n) is 2.47. The van der Waals surface area contributed by atoms with Crippen molar-refractivity contribution >= 4 is 34.7 Å². The second-order valence-electron chi connectivity index (χ2n) is 4.84. The third kappa shape index (κ3) is 2.19. The van der Waals surface area contributed by atoms with E-state index in [1.54, 1.807) is 11.6 Å². The maximum absolute atomic E-state index is 11.8. The van der Waals surface area contributed by atoms with E-state index < -0.39 is 22.8 Å². The number of thioether (sulfide) groups is 1. The van der Waals surface area contributed by atoms with Gasteiger partial charge in [0.2, 0.25) is 5.91 Å². The Hall–Kier alpha value is -1.91. The number of rotatable bonds is 3. The van der Waals surface area contributed by atoms with Crippen molar-refractivity contribution in [2.24, 2.45) is 0 Å². The predicted octanol–water partition coefficient (Wildman–Crippen LogP) is -1.05. The van der Waals surface area contributed by atoms with Gasteiger partial charge in [0.25, 0.3) is 0 Å². The zero-order valence-corrected chi connectivity index (χ0v) is 12.8. The summed E-state index contributed by atoms with van der Waals surface area (Å²) in [4.78, 5) is 24.3. The molecule has 0 saturated carbocycles. The summed E-state index contributed by atoms with van der Waals surface area (Å²) in [5.74, 6) is 0.249. The summed E-state index contributed by atoms with van der Waals surface area (Å²) in [6.07, 6.45) is 0.668. The van der Waals surface area contributed by atoms with Crippen LogP contribution in [-0.2, 0) is 4.79 Å². The number of nitrogens with zero attached hydrogens (tertiary/aromatic N) is 4. The number of carbonyl (C=O) groups is 1. The lowest BCUT2D eigenvalue weighted by atomic mass is 10.1. The Morgan fingerprint density at radius 1 is 1.27 bits per heavy atom. The van der Waals surface area contributed by atoms with Crippen LogP contribution in [0, 0.1) is 0 Å². The van der Waals surface area contributed by atoms with Gasteiger partial charge < -0.3 is 20.8 Å². The summed E-state index contributed by atoms with van der Waals surface area (Å²) >= 11 is 1.18. The van der Waals surface area contributed by atoms with Crippen molar-refractivity contribution in [3.8, 4) is 0 Å². The molecule has 3 rings (SSSR count). The molecule has 1 saturated heterocycles. The van der Waals surface area contributed by atoms with Gasteiger partial charge in [-0.3, -0.25) is 9.36 Å². The number of imidazole rings is 1. The summed E-state index contributed by atoms with van der Waals surface area (Å²) in [6.45, 7) is 0. The Morgan fingerprint density at radius 3 is 2.73 bits per heavy atom. The molecule has 1 amide bonds. The van der Waals surface area contributed by atoms with Crippen LogP contribution in [0.15, 0.2) is 12.7 Å². The van der Waals surface area contributed by atoms with Crippen molar-refractivity contribution in [1.29, 1.82) is 0 Å². The molecule has 4 atom stereocenters. The third-order valence-electron chi connectivity index (χ3n) is 3.61. The number of aromatic nitrogens is 4. The maximum Gasteiger partial charge on any atom is 0.235 e. The molecule has 2 unspecified atom stereocenters. The lowest BCUT2D eigenvalue weighted by molar-refractivity contribution is -0.122. The number of amides is 1. The zero-order chi connectivity index (χ0) is 15.9. The first-order chi connectivity index (χ1) is 10.6. The second kappa shape index (κ2) is 5.71. The molecule has 0 aliphatic carbocycles. The number of anilines is 1. The van der Waals surface area contributed by atoms with Gasteiger partial charge in [0.1, 0.15) is 34.7 Å². The van der Waals surface area contributed by atoms with Crippen LogP contribution in [0.5, 0.6) is 0 Å². The highest BCUT2D eigenvalue weighted by Gasteiger charge is 2.47. The van der Waals surface area contributed by atoms with E-state index in [2.05, 4.69) is 25.6 Å². The Bertz CT molecular complexity index is 707. The van der Waals surface area contributed by atoms with Crippen LogP contribution in [-0.4, -0.2) is 67.2 Å². The highest BCUT2D eigenvalue weighted by molar-refractivity contribution is 8.01. The van der Waals surface area contributed by atoms with Crippen molar-refractivity contribution in [2.45, 2.75) is 22.8 Å². The van der Waals surface area contributed by atoms with Crippen molar-refractivity contribution in [2.75, 3.05) is 19.4 Å². The average Bonchev–Trinajstić information content (AvgIpc) is 3.09. The van der Waals surface area contributed by atoms with E-state index in [-0.39, 0.29) is 5.91 Å². The molecule has 118 valence electrons. The molecular weight excluding hydrogens is 308 g/mol. The molecule has 22 heavy (non-hydrogen) atoms. The summed E-state index contributed by atoms with van der Waals surface area (Å²) in [5.41, 5.74) is 1.09. The van der Waals surface area contributed by atoms with E-state index in [0.717, 1.165) is 0 Å². The van der Waals surface area contributed by atoms with Gasteiger partial charge in [0, 0.05) is 14.1 Å². The highest BCUT2D eigenvalue weighted by atomic mass is 32.2. The molecule has 3 heterocycles. The van der Waals surface area contributed by atoms with Crippen LogP contribution in [0.4, 0.5) is 5.82 Å². The fraction of sp³-hybridized carbons (Fsp3) is 0.500. The van der Waals surface area contributed by atoms with Crippen molar-refractivity contribution < 1.29 is 15.0 Å². The van der Waals surface area contributed by atoms with E-state index in [1.165, 1.54) is 31.5 Å². The molecule has 0 spiro atoms. The number of nitrogens with one attached hydrogen (secondary N) is 2. The third-order valence-corrected chi connectivity index (χ3v) is 5.18. The van der Waals surface area contributed by atoms with Crippen molar-refractivity contribution in [1.82, 2.24) is 24.8 Å². The minimum absolute atomic E-state index is 0.325. The monoisotopic (exact) mass is 324 g/mol. The number of carbonyl (C=O) groups excluding carboxylic acids is 1. The summed E-state index contributed by atoms with van der Waals surface area (Å²) in [6, 6.07) is 0. The quantitative estimate of drug-likeness (QED) is 0.564. The minimum Gasteiger partial charge on any atom is -0.389 e. The van der Waals surface area contributed by atoms with Crippen LogP contribution in [0.2, 0.25) is 0 Å². The Balaban J connectivity index is 2.00. The Labute approximate surface area is 130 Å². The van der Waals surface area contributed by atoms with Crippen LogP contribution >= 0.6 is 11.8 Å². The normalized spacial score (nSPS) is 28.0. The maximum atomic E-state index is 11.8. The van der Waals surface area contributed by atoms with Gasteiger partial charge in [-0.2, -0.15) is 0 Å². The summed E-state index contributed by atoms with van der Waals surface area (Å²) in [7, 11) is 3.22. The Morgan fingerprint density at radius 2 is 2.05 bits per heavy atom. The zero-order valence-electron chi connectivity index (χ0n) is 12.0. The van der Waals surface area contributed by atoms with Crippen molar-refractivity contribution in [3.63, 3.8) is 0 Å². The molecule has 2 aromatic heterocycles. The summed E-state index contributed by atoms with van der Waals surface area (Å²) < 4.78 is 1.65. The van der Waals surface area contributed by atoms with Gasteiger partial charge in [0.05, 0.1) is 6.33 Å². The molecule has 2 aromatic rings. The highest BCUT2D eigenvalue weighted by Crippen LogP contribution is 2.43. The van der Waals surface area contributed by atoms with Gasteiger partial charge >= 0.3 is 0 Å². The molecular formula is C12H16N6O3S. The SMILES string of the molecule is CNC(=O)[C@H]1S[C@@H](n2cnc3c(NC)ncnc32)C(O)C1O. The van der Waals surface area contributed by atoms with Crippen LogP contribution in [0.25, 0.3) is 11.2 Å². The van der Waals surface area contributed by atoms with Crippen LogP contribution in [0.3, 0.4) is 0 Å². The van der Waals surface area contributed by atoms with Crippen LogP contribution < -0.4 is 10.6 Å². The number of aliphatic hydroxyl groups excluding tert-OH is 2. The lowest BCUT2D eigenvalue weighted by Crippen LogP contribution is -2.39. The van der Waals surface area contributed by atoms with E-state index in [4.69, 9.17) is 0 Å². The molecule has 0 radical (unpaired) electrons. The van der Waals surface area contributed by atoms with Gasteiger partial charge in [-0.15, -0.1) is 11.8 Å². The first-order valence-corrected chi connectivity index (χ1v) is 7.61. The molecule has 0 aromatic carbocycles. The topological polar surface area (TPSA) is 125 Å². The van der Waals surface area contributed by atoms with Gasteiger partial charge in [-0.1, -0.05) is 0 Å². The van der Waals surface area contributed by atoms with E-state index in [9.17, 15) is 15.0 Å². The van der Waals surface area contributed by atoms with Gasteiger partial charge in [-0.05, 0) is 0 Å².